The van der Waals surface area contributed by atoms with E-state index in [1.165, 1.54) is 4.90 Å². The molecule has 1 aliphatic heterocycles. The van der Waals surface area contributed by atoms with Gasteiger partial charge in [-0.25, -0.2) is 0 Å². The maximum absolute atomic E-state index is 12.7. The third-order valence-corrected chi connectivity index (χ3v) is 6.01. The number of ether oxygens (including phenoxy) is 1. The number of benzene rings is 2. The van der Waals surface area contributed by atoms with Gasteiger partial charge < -0.3 is 4.74 Å². The quantitative estimate of drug-likeness (QED) is 0.503. The Morgan fingerprint density at radius 1 is 1.28 bits per heavy atom. The molecule has 3 rings (SSSR count). The first-order valence-corrected chi connectivity index (χ1v) is 10.7. The molecule has 1 atom stereocenters. The molecule has 2 amide bonds. The molecule has 0 spiro atoms. The molecule has 0 aromatic heterocycles. The van der Waals surface area contributed by atoms with E-state index in [2.05, 4.69) is 22.0 Å². The first kappa shape index (κ1) is 21.2. The largest absolute Gasteiger partial charge is 0.488 e. The van der Waals surface area contributed by atoms with Gasteiger partial charge in [-0.3, -0.25) is 14.5 Å². The average Bonchev–Trinajstić information content (AvgIpc) is 3.00. The summed E-state index contributed by atoms with van der Waals surface area (Å²) in [4.78, 5) is 26.7. The summed E-state index contributed by atoms with van der Waals surface area (Å²) < 4.78 is 6.78. The van der Waals surface area contributed by atoms with E-state index in [4.69, 9.17) is 4.74 Å². The zero-order valence-corrected chi connectivity index (χ0v) is 18.4. The van der Waals surface area contributed by atoms with Crippen LogP contribution in [-0.2, 0) is 11.4 Å². The molecule has 1 fully saturated rings. The number of hydrogen-bond acceptors (Lipinski definition) is 5. The maximum Gasteiger partial charge on any atom is 0.293 e. The number of nitrogens with zero attached hydrogens (tertiary/aromatic N) is 2. The molecule has 1 heterocycles. The highest BCUT2D eigenvalue weighted by molar-refractivity contribution is 9.10. The predicted molar refractivity (Wildman–Crippen MR) is 117 cm³/mol. The lowest BCUT2D eigenvalue weighted by Gasteiger charge is -2.19. The maximum atomic E-state index is 12.7. The van der Waals surface area contributed by atoms with Gasteiger partial charge in [-0.1, -0.05) is 41.1 Å². The Morgan fingerprint density at radius 3 is 2.76 bits per heavy atom. The van der Waals surface area contributed by atoms with E-state index in [0.717, 1.165) is 21.8 Å². The lowest BCUT2D eigenvalue weighted by molar-refractivity contribution is -0.124. The lowest BCUT2D eigenvalue weighted by Crippen LogP contribution is -2.36. The molecule has 0 unspecified atom stereocenters. The van der Waals surface area contributed by atoms with Crippen molar-refractivity contribution in [3.05, 3.63) is 68.5 Å². The molecule has 0 aliphatic carbocycles. The van der Waals surface area contributed by atoms with Gasteiger partial charge in [-0.2, -0.15) is 5.26 Å². The second-order valence-corrected chi connectivity index (χ2v) is 8.46. The SMILES string of the molecule is CC[C@H](C)N1C(=O)S/C(=C/c2cc(Br)ccc2OCc2ccccc2C#N)C1=O. The monoisotopic (exact) mass is 470 g/mol. The van der Waals surface area contributed by atoms with Crippen molar-refractivity contribution < 1.29 is 14.3 Å². The number of imide groups is 1. The van der Waals surface area contributed by atoms with Gasteiger partial charge in [0, 0.05) is 21.6 Å². The van der Waals surface area contributed by atoms with E-state index in [0.29, 0.717) is 28.2 Å². The van der Waals surface area contributed by atoms with E-state index in [1.807, 2.05) is 38.1 Å². The molecule has 0 saturated carbocycles. The second kappa shape index (κ2) is 9.29. The molecule has 7 heteroatoms. The normalized spacial score (nSPS) is 16.2. The first-order chi connectivity index (χ1) is 13.9. The molecule has 0 N–H and O–H groups in total. The number of nitriles is 1. The summed E-state index contributed by atoms with van der Waals surface area (Å²) in [5.74, 6) is 0.284. The van der Waals surface area contributed by atoms with Crippen molar-refractivity contribution >= 4 is 44.9 Å². The Labute approximate surface area is 182 Å². The fourth-order valence-electron chi connectivity index (χ4n) is 2.86. The van der Waals surface area contributed by atoms with Gasteiger partial charge >= 0.3 is 0 Å². The molecule has 1 aliphatic rings. The molecule has 1 saturated heterocycles. The number of thioether (sulfide) groups is 1. The Morgan fingerprint density at radius 2 is 2.03 bits per heavy atom. The molecule has 5 nitrogen and oxygen atoms in total. The molecule has 2 aromatic carbocycles. The van der Waals surface area contributed by atoms with Crippen molar-refractivity contribution in [1.29, 1.82) is 5.26 Å². The molecular formula is C22H19BrN2O3S. The topological polar surface area (TPSA) is 70.4 Å². The van der Waals surface area contributed by atoms with E-state index >= 15 is 0 Å². The Balaban J connectivity index is 1.88. The van der Waals surface area contributed by atoms with Crippen LogP contribution in [0.2, 0.25) is 0 Å². The van der Waals surface area contributed by atoms with Crippen LogP contribution in [0.4, 0.5) is 4.79 Å². The Kier molecular flexibility index (Phi) is 6.78. The van der Waals surface area contributed by atoms with E-state index in [-0.39, 0.29) is 23.8 Å². The summed E-state index contributed by atoms with van der Waals surface area (Å²) in [5, 5.41) is 8.99. The number of carbonyl (C=O) groups excluding carboxylic acids is 2. The average molecular weight is 471 g/mol. The van der Waals surface area contributed by atoms with Gasteiger partial charge in [-0.05, 0) is 55.4 Å². The highest BCUT2D eigenvalue weighted by Gasteiger charge is 2.37. The number of hydrogen-bond donors (Lipinski definition) is 0. The summed E-state index contributed by atoms with van der Waals surface area (Å²) >= 11 is 4.38. The molecule has 29 heavy (non-hydrogen) atoms. The van der Waals surface area contributed by atoms with Crippen LogP contribution < -0.4 is 4.74 Å². The summed E-state index contributed by atoms with van der Waals surface area (Å²) in [6, 6.07) is 14.7. The molecule has 148 valence electrons. The minimum atomic E-state index is -0.282. The lowest BCUT2D eigenvalue weighted by atomic mass is 10.1. The van der Waals surface area contributed by atoms with Crippen molar-refractivity contribution in [2.24, 2.45) is 0 Å². The number of carbonyl (C=O) groups is 2. The van der Waals surface area contributed by atoms with E-state index in [9.17, 15) is 14.9 Å². The van der Waals surface area contributed by atoms with Gasteiger partial charge in [0.2, 0.25) is 0 Å². The molecule has 2 aromatic rings. The predicted octanol–water partition coefficient (Wildman–Crippen LogP) is 5.73. The Bertz CT molecular complexity index is 1030. The van der Waals surface area contributed by atoms with Gasteiger partial charge in [0.25, 0.3) is 11.1 Å². The van der Waals surface area contributed by atoms with Crippen LogP contribution in [-0.4, -0.2) is 22.1 Å². The van der Waals surface area contributed by atoms with Crippen molar-refractivity contribution in [2.45, 2.75) is 32.9 Å². The smallest absolute Gasteiger partial charge is 0.293 e. The third-order valence-electron chi connectivity index (χ3n) is 4.63. The standard InChI is InChI=1S/C22H19BrN2O3S/c1-3-14(2)25-21(26)20(29-22(25)27)11-17-10-18(23)8-9-19(17)28-13-16-7-5-4-6-15(16)12-24/h4-11,14H,3,13H2,1-2H3/b20-11+/t14-/m0/s1. The van der Waals surface area contributed by atoms with Gasteiger partial charge in [0.1, 0.15) is 12.4 Å². The van der Waals surface area contributed by atoms with Crippen LogP contribution in [0.25, 0.3) is 6.08 Å². The summed E-state index contributed by atoms with van der Waals surface area (Å²) in [7, 11) is 0. The fourth-order valence-corrected chi connectivity index (χ4v) is 4.16. The fraction of sp³-hybridized carbons (Fsp3) is 0.227. The first-order valence-electron chi connectivity index (χ1n) is 9.12. The van der Waals surface area contributed by atoms with Gasteiger partial charge in [0.05, 0.1) is 16.5 Å². The second-order valence-electron chi connectivity index (χ2n) is 6.55. The van der Waals surface area contributed by atoms with Gasteiger partial charge in [0.15, 0.2) is 0 Å². The van der Waals surface area contributed by atoms with Crippen LogP contribution >= 0.6 is 27.7 Å². The van der Waals surface area contributed by atoms with Crippen LogP contribution in [0.3, 0.4) is 0 Å². The van der Waals surface area contributed by atoms with Crippen LogP contribution in [0.15, 0.2) is 51.8 Å². The van der Waals surface area contributed by atoms with E-state index in [1.54, 1.807) is 24.3 Å². The molecule has 0 bridgehead atoms. The molecule has 0 radical (unpaired) electrons. The zero-order chi connectivity index (χ0) is 21.0. The zero-order valence-electron chi connectivity index (χ0n) is 16.0. The minimum Gasteiger partial charge on any atom is -0.488 e. The number of rotatable bonds is 6. The van der Waals surface area contributed by atoms with E-state index < -0.39 is 0 Å². The number of amides is 2. The summed E-state index contributed by atoms with van der Waals surface area (Å²) in [6.45, 7) is 4.02. The van der Waals surface area contributed by atoms with Crippen molar-refractivity contribution in [3.63, 3.8) is 0 Å². The van der Waals surface area contributed by atoms with Crippen LogP contribution in [0, 0.1) is 11.3 Å². The third kappa shape index (κ3) is 4.72. The van der Waals surface area contributed by atoms with Crippen molar-refractivity contribution in [3.8, 4) is 11.8 Å². The Hall–Kier alpha value is -2.56. The van der Waals surface area contributed by atoms with Crippen LogP contribution in [0.1, 0.15) is 37.0 Å². The minimum absolute atomic E-state index is 0.144. The van der Waals surface area contributed by atoms with Gasteiger partial charge in [-0.15, -0.1) is 0 Å². The van der Waals surface area contributed by atoms with Crippen LogP contribution in [0.5, 0.6) is 5.75 Å². The molecular weight excluding hydrogens is 452 g/mol. The highest BCUT2D eigenvalue weighted by atomic mass is 79.9. The van der Waals surface area contributed by atoms with Crippen molar-refractivity contribution in [1.82, 2.24) is 4.90 Å². The number of halogens is 1. The summed E-state index contributed by atoms with van der Waals surface area (Å²) in [5.41, 5.74) is 2.02. The van der Waals surface area contributed by atoms with Crippen molar-refractivity contribution in [2.75, 3.05) is 0 Å². The highest BCUT2D eigenvalue weighted by Crippen LogP contribution is 2.36. The summed E-state index contributed by atoms with van der Waals surface area (Å²) in [6.07, 6.45) is 2.39.